The van der Waals surface area contributed by atoms with Crippen LogP contribution in [0.15, 0.2) is 42.5 Å². The van der Waals surface area contributed by atoms with Gasteiger partial charge >= 0.3 is 0 Å². The topological polar surface area (TPSA) is 81.2 Å². The highest BCUT2D eigenvalue weighted by molar-refractivity contribution is 5.85. The van der Waals surface area contributed by atoms with E-state index in [0.717, 1.165) is 16.6 Å². The summed E-state index contributed by atoms with van der Waals surface area (Å²) in [5.41, 5.74) is 3.10. The molecular formula is C17H17N3O3. The third-order valence-electron chi connectivity index (χ3n) is 3.77. The molecule has 1 heterocycles. The van der Waals surface area contributed by atoms with E-state index in [9.17, 15) is 15.2 Å². The lowest BCUT2D eigenvalue weighted by Crippen LogP contribution is -2.13. The lowest BCUT2D eigenvalue weighted by atomic mass is 10.1. The molecule has 0 aliphatic carbocycles. The third-order valence-corrected chi connectivity index (χ3v) is 3.77. The fraction of sp³-hybridized carbons (Fsp3) is 0.235. The Kier molecular flexibility index (Phi) is 3.83. The number of nitrogens with zero attached hydrogens (tertiary/aromatic N) is 3. The molecule has 118 valence electrons. The summed E-state index contributed by atoms with van der Waals surface area (Å²) in [5, 5.41) is 21.2. The van der Waals surface area contributed by atoms with Gasteiger partial charge in [-0.2, -0.15) is 0 Å². The van der Waals surface area contributed by atoms with Crippen LogP contribution in [0.4, 0.5) is 5.69 Å². The van der Waals surface area contributed by atoms with Crippen molar-refractivity contribution < 1.29 is 10.0 Å². The van der Waals surface area contributed by atoms with Crippen LogP contribution in [0.1, 0.15) is 12.5 Å². The molecule has 2 aromatic carbocycles. The predicted octanol–water partition coefficient (Wildman–Crippen LogP) is 3.30. The van der Waals surface area contributed by atoms with Gasteiger partial charge in [-0.1, -0.05) is 24.3 Å². The lowest BCUT2D eigenvalue weighted by molar-refractivity contribution is -0.384. The average molecular weight is 311 g/mol. The molecule has 0 bridgehead atoms. The number of fused-ring (bicyclic) bond motifs is 1. The molecule has 23 heavy (non-hydrogen) atoms. The summed E-state index contributed by atoms with van der Waals surface area (Å²) < 4.78 is 1.84. The highest BCUT2D eigenvalue weighted by Crippen LogP contribution is 2.32. The van der Waals surface area contributed by atoms with Crippen LogP contribution < -0.4 is 0 Å². The molecule has 0 radical (unpaired) electrons. The lowest BCUT2D eigenvalue weighted by Gasteiger charge is -2.11. The van der Waals surface area contributed by atoms with Crippen LogP contribution in [-0.4, -0.2) is 25.7 Å². The second kappa shape index (κ2) is 5.81. The first-order valence-corrected chi connectivity index (χ1v) is 7.36. The van der Waals surface area contributed by atoms with E-state index in [1.165, 1.54) is 6.07 Å². The zero-order valence-corrected chi connectivity index (χ0v) is 12.9. The van der Waals surface area contributed by atoms with Crippen LogP contribution in [0.25, 0.3) is 22.4 Å². The molecule has 1 unspecified atom stereocenters. The molecule has 0 spiro atoms. The fourth-order valence-electron chi connectivity index (χ4n) is 2.76. The number of rotatable bonds is 4. The first-order valence-electron chi connectivity index (χ1n) is 7.36. The van der Waals surface area contributed by atoms with Gasteiger partial charge in [0.1, 0.15) is 5.82 Å². The van der Waals surface area contributed by atoms with Gasteiger partial charge in [0.2, 0.25) is 0 Å². The Bertz CT molecular complexity index is 884. The van der Waals surface area contributed by atoms with Gasteiger partial charge in [-0.05, 0) is 31.5 Å². The highest BCUT2D eigenvalue weighted by Gasteiger charge is 2.22. The number of imidazole rings is 1. The maximum absolute atomic E-state index is 11.3. The maximum Gasteiger partial charge on any atom is 0.280 e. The Hall–Kier alpha value is -2.73. The van der Waals surface area contributed by atoms with Crippen LogP contribution in [0.3, 0.4) is 0 Å². The highest BCUT2D eigenvalue weighted by atomic mass is 16.6. The second-order valence-electron chi connectivity index (χ2n) is 5.61. The van der Waals surface area contributed by atoms with Crippen LogP contribution >= 0.6 is 0 Å². The third kappa shape index (κ3) is 2.68. The zero-order valence-electron chi connectivity index (χ0n) is 12.9. The van der Waals surface area contributed by atoms with Crippen LogP contribution in [0.5, 0.6) is 0 Å². The van der Waals surface area contributed by atoms with Gasteiger partial charge in [0.05, 0.1) is 34.2 Å². The Labute approximate surface area is 133 Å². The number of aromatic nitrogens is 2. The number of hydrogen-bond donors (Lipinski definition) is 1. The molecule has 3 aromatic rings. The molecule has 0 saturated carbocycles. The molecule has 0 amide bonds. The van der Waals surface area contributed by atoms with Gasteiger partial charge < -0.3 is 9.67 Å². The smallest absolute Gasteiger partial charge is 0.280 e. The van der Waals surface area contributed by atoms with Crippen LogP contribution in [0, 0.1) is 17.0 Å². The SMILES string of the molecule is Cc1cccc2c1nc(-c1ccccc1[N+](=O)[O-])n2CC(C)O. The van der Waals surface area contributed by atoms with Crippen molar-refractivity contribution in [2.24, 2.45) is 0 Å². The summed E-state index contributed by atoms with van der Waals surface area (Å²) in [5.74, 6) is 0.502. The van der Waals surface area contributed by atoms with Crippen LogP contribution in [0.2, 0.25) is 0 Å². The molecule has 1 atom stereocenters. The minimum Gasteiger partial charge on any atom is -0.392 e. The number of aliphatic hydroxyl groups excluding tert-OH is 1. The van der Waals surface area contributed by atoms with Gasteiger partial charge in [-0.15, -0.1) is 0 Å². The number of hydrogen-bond acceptors (Lipinski definition) is 4. The monoisotopic (exact) mass is 311 g/mol. The van der Waals surface area contributed by atoms with E-state index < -0.39 is 11.0 Å². The quantitative estimate of drug-likeness (QED) is 0.592. The van der Waals surface area contributed by atoms with Gasteiger partial charge in [0.25, 0.3) is 5.69 Å². The Morgan fingerprint density at radius 2 is 2.00 bits per heavy atom. The fourth-order valence-corrected chi connectivity index (χ4v) is 2.76. The van der Waals surface area contributed by atoms with Crippen molar-refractivity contribution in [3.8, 4) is 11.4 Å². The van der Waals surface area contributed by atoms with Crippen molar-refractivity contribution in [3.63, 3.8) is 0 Å². The van der Waals surface area contributed by atoms with Gasteiger partial charge in [-0.3, -0.25) is 10.1 Å². The summed E-state index contributed by atoms with van der Waals surface area (Å²) in [7, 11) is 0. The molecule has 6 nitrogen and oxygen atoms in total. The van der Waals surface area contributed by atoms with E-state index in [0.29, 0.717) is 17.9 Å². The molecule has 0 aliphatic heterocycles. The first kappa shape index (κ1) is 15.2. The molecule has 0 aliphatic rings. The van der Waals surface area contributed by atoms with Crippen molar-refractivity contribution in [3.05, 3.63) is 58.1 Å². The summed E-state index contributed by atoms with van der Waals surface area (Å²) in [6.07, 6.45) is -0.588. The van der Waals surface area contributed by atoms with E-state index in [4.69, 9.17) is 0 Å². The molecule has 1 aromatic heterocycles. The van der Waals surface area contributed by atoms with E-state index in [1.54, 1.807) is 25.1 Å². The standard InChI is InChI=1S/C17H17N3O3/c1-11-6-5-9-15-16(11)18-17(19(15)10-12(2)21)13-7-3-4-8-14(13)20(22)23/h3-9,12,21H,10H2,1-2H3. The summed E-state index contributed by atoms with van der Waals surface area (Å²) in [4.78, 5) is 15.5. The molecule has 3 rings (SSSR count). The largest absolute Gasteiger partial charge is 0.392 e. The van der Waals surface area contributed by atoms with Gasteiger partial charge in [0, 0.05) is 6.07 Å². The summed E-state index contributed by atoms with van der Waals surface area (Å²) >= 11 is 0. The molecular weight excluding hydrogens is 294 g/mol. The van der Waals surface area contributed by atoms with Gasteiger partial charge in [-0.25, -0.2) is 4.98 Å². The Balaban J connectivity index is 2.33. The van der Waals surface area contributed by atoms with E-state index in [2.05, 4.69) is 4.98 Å². The molecule has 0 fully saturated rings. The van der Waals surface area contributed by atoms with E-state index >= 15 is 0 Å². The molecule has 0 saturated heterocycles. The number of para-hydroxylation sites is 2. The zero-order chi connectivity index (χ0) is 16.6. The molecule has 6 heteroatoms. The Morgan fingerprint density at radius 1 is 1.26 bits per heavy atom. The minimum absolute atomic E-state index is 0.00676. The van der Waals surface area contributed by atoms with Crippen molar-refractivity contribution in [1.82, 2.24) is 9.55 Å². The Morgan fingerprint density at radius 3 is 2.70 bits per heavy atom. The normalized spacial score (nSPS) is 12.5. The second-order valence-corrected chi connectivity index (χ2v) is 5.61. The first-order chi connectivity index (χ1) is 11.0. The number of aryl methyl sites for hydroxylation is 1. The van der Waals surface area contributed by atoms with E-state index in [-0.39, 0.29) is 5.69 Å². The number of nitro groups is 1. The summed E-state index contributed by atoms with van der Waals surface area (Å²) in [6.45, 7) is 3.96. The summed E-state index contributed by atoms with van der Waals surface area (Å²) in [6, 6.07) is 12.3. The van der Waals surface area contributed by atoms with Crippen molar-refractivity contribution in [2.45, 2.75) is 26.5 Å². The predicted molar refractivity (Wildman–Crippen MR) is 88.2 cm³/mol. The number of aliphatic hydroxyl groups is 1. The van der Waals surface area contributed by atoms with Crippen molar-refractivity contribution in [2.75, 3.05) is 0 Å². The van der Waals surface area contributed by atoms with Crippen LogP contribution in [-0.2, 0) is 6.54 Å². The number of benzene rings is 2. The average Bonchev–Trinajstić information content (AvgIpc) is 2.87. The molecule has 1 N–H and O–H groups in total. The maximum atomic E-state index is 11.3. The van der Waals surface area contributed by atoms with E-state index in [1.807, 2.05) is 29.7 Å². The van der Waals surface area contributed by atoms with Crippen molar-refractivity contribution in [1.29, 1.82) is 0 Å². The minimum atomic E-state index is -0.588. The van der Waals surface area contributed by atoms with Gasteiger partial charge in [0.15, 0.2) is 0 Å². The number of nitro benzene ring substituents is 1. The van der Waals surface area contributed by atoms with Crippen molar-refractivity contribution >= 4 is 16.7 Å².